The van der Waals surface area contributed by atoms with E-state index in [9.17, 15) is 0 Å². The molecule has 0 radical (unpaired) electrons. The van der Waals surface area contributed by atoms with Crippen LogP contribution in [0.25, 0.3) is 21.5 Å². The van der Waals surface area contributed by atoms with Crippen LogP contribution >= 0.6 is 0 Å². The summed E-state index contributed by atoms with van der Waals surface area (Å²) in [6.07, 6.45) is 4.43. The molecule has 0 spiro atoms. The molecule has 5 aromatic carbocycles. The van der Waals surface area contributed by atoms with E-state index in [2.05, 4.69) is 198 Å². The molecule has 0 amide bonds. The molecule has 5 aromatic rings. The highest BCUT2D eigenvalue weighted by Crippen LogP contribution is 2.40. The van der Waals surface area contributed by atoms with Gasteiger partial charge >= 0.3 is 0 Å². The van der Waals surface area contributed by atoms with Crippen LogP contribution in [0.3, 0.4) is 0 Å². The maximum atomic E-state index is 2.34. The standard InChI is InChI=1S/2C14H16.C10H14.C8H16.10C2H6.2CH4/c1-14(2,3)13-10-6-8-11-7-4-5-9-12(11)13;1-14(2,3)13-9-8-11-6-4-5-7-12(11)10-13;1-10(2,3)9-7-5-4-6-8-9;1-8(2,3)7-5-4-6-7;10*1-2;;/h2*4-10H,1-3H3;4-8H,1-3H3;7H,4-6H2,1-3H3;10*1-2H3;2*1H4. The van der Waals surface area contributed by atoms with Crippen LogP contribution in [-0.4, -0.2) is 0 Å². The summed E-state index contributed by atoms with van der Waals surface area (Å²) in [5.74, 6) is 1.03. The molecule has 68 heavy (non-hydrogen) atoms. The highest BCUT2D eigenvalue weighted by Gasteiger charge is 2.29. The van der Waals surface area contributed by atoms with Gasteiger partial charge in [-0.15, -0.1) is 0 Å². The van der Waals surface area contributed by atoms with Crippen molar-refractivity contribution in [3.63, 3.8) is 0 Å². The van der Waals surface area contributed by atoms with E-state index in [1.165, 1.54) is 57.5 Å². The molecule has 0 nitrogen and oxygen atoms in total. The van der Waals surface area contributed by atoms with E-state index < -0.39 is 0 Å². The Hall–Kier alpha value is -3.38. The molecule has 6 rings (SSSR count). The molecule has 402 valence electrons. The van der Waals surface area contributed by atoms with Gasteiger partial charge in [0.1, 0.15) is 0 Å². The minimum atomic E-state index is 0. The van der Waals surface area contributed by atoms with Gasteiger partial charge in [-0.1, -0.05) is 358 Å². The molecular formula is C68H130. The first-order valence-corrected chi connectivity index (χ1v) is 27.4. The Morgan fingerprint density at radius 3 is 0.956 bits per heavy atom. The first-order chi connectivity index (χ1) is 31.4. The van der Waals surface area contributed by atoms with Gasteiger partial charge in [-0.2, -0.15) is 0 Å². The Kier molecular flexibility index (Phi) is 72.5. The number of fused-ring (bicyclic) bond motifs is 2. The van der Waals surface area contributed by atoms with E-state index in [4.69, 9.17) is 0 Å². The van der Waals surface area contributed by atoms with Crippen LogP contribution in [0, 0.1) is 11.3 Å². The molecule has 0 unspecified atom stereocenters. The Balaban J connectivity index is -0.0000000734. The van der Waals surface area contributed by atoms with E-state index in [0.717, 1.165) is 5.92 Å². The van der Waals surface area contributed by atoms with Crippen molar-refractivity contribution in [2.24, 2.45) is 11.3 Å². The number of hydrogen-bond acceptors (Lipinski definition) is 0. The minimum absolute atomic E-state index is 0. The maximum Gasteiger partial charge on any atom is -0.0126 e. The van der Waals surface area contributed by atoms with Gasteiger partial charge in [-0.05, 0) is 78.7 Å². The molecule has 0 aliphatic heterocycles. The van der Waals surface area contributed by atoms with Crippen molar-refractivity contribution in [1.29, 1.82) is 0 Å². The SMILES string of the molecule is C.C.CC.CC.CC.CC.CC.CC.CC.CC.CC.CC.CC(C)(C)C1CCC1.CC(C)(C)c1ccc2ccccc2c1.CC(C)(C)c1cccc2ccccc12.CC(C)(C)c1ccccc1. The van der Waals surface area contributed by atoms with E-state index in [0.29, 0.717) is 10.8 Å². The zero-order valence-corrected chi connectivity index (χ0v) is 51.2. The molecule has 0 heterocycles. The van der Waals surface area contributed by atoms with Gasteiger partial charge in [0.05, 0.1) is 0 Å². The first-order valence-electron chi connectivity index (χ1n) is 27.4. The van der Waals surface area contributed by atoms with E-state index in [1.54, 1.807) is 0 Å². The van der Waals surface area contributed by atoms with Crippen molar-refractivity contribution in [3.05, 3.63) is 132 Å². The summed E-state index contributed by atoms with van der Waals surface area (Å²) in [6.45, 7) is 67.2. The van der Waals surface area contributed by atoms with Crippen molar-refractivity contribution in [2.75, 3.05) is 0 Å². The fraction of sp³-hybridized carbons (Fsp3) is 0.618. The Morgan fingerprint density at radius 1 is 0.309 bits per heavy atom. The van der Waals surface area contributed by atoms with E-state index in [1.807, 2.05) is 138 Å². The zero-order chi connectivity index (χ0) is 54.2. The van der Waals surface area contributed by atoms with Crippen LogP contribution in [0.1, 0.15) is 272 Å². The number of rotatable bonds is 0. The van der Waals surface area contributed by atoms with Crippen LogP contribution in [0.15, 0.2) is 115 Å². The lowest BCUT2D eigenvalue weighted by atomic mass is 9.69. The smallest absolute Gasteiger partial charge is 0.0126 e. The fourth-order valence-electron chi connectivity index (χ4n) is 5.75. The largest absolute Gasteiger partial charge is 0.0776 e. The molecule has 0 heteroatoms. The number of hydrogen-bond donors (Lipinski definition) is 0. The van der Waals surface area contributed by atoms with Gasteiger partial charge in [0, 0.05) is 0 Å². The molecule has 1 aliphatic rings. The second-order valence-corrected chi connectivity index (χ2v) is 17.2. The zero-order valence-electron chi connectivity index (χ0n) is 51.2. The van der Waals surface area contributed by atoms with Crippen molar-refractivity contribution in [2.45, 2.75) is 272 Å². The molecule has 1 saturated carbocycles. The van der Waals surface area contributed by atoms with Gasteiger partial charge in [0.15, 0.2) is 0 Å². The van der Waals surface area contributed by atoms with Crippen molar-refractivity contribution < 1.29 is 0 Å². The number of benzene rings is 5. The van der Waals surface area contributed by atoms with E-state index >= 15 is 0 Å². The fourth-order valence-corrected chi connectivity index (χ4v) is 5.75. The highest BCUT2D eigenvalue weighted by molar-refractivity contribution is 5.86. The first kappa shape index (κ1) is 87.7. The Labute approximate surface area is 434 Å². The summed E-state index contributed by atoms with van der Waals surface area (Å²) in [6, 6.07) is 40.9. The molecular weight excluding hydrogens is 817 g/mol. The van der Waals surface area contributed by atoms with Gasteiger partial charge in [-0.3, -0.25) is 0 Å². The third kappa shape index (κ3) is 41.6. The quantitative estimate of drug-likeness (QED) is 0.145. The lowest BCUT2D eigenvalue weighted by Crippen LogP contribution is -2.26. The third-order valence-electron chi connectivity index (χ3n) is 9.18. The van der Waals surface area contributed by atoms with Crippen LogP contribution in [0.5, 0.6) is 0 Å². The summed E-state index contributed by atoms with van der Waals surface area (Å²) >= 11 is 0. The maximum absolute atomic E-state index is 2.34. The van der Waals surface area contributed by atoms with Gasteiger partial charge in [0.2, 0.25) is 0 Å². The normalized spacial score (nSPS) is 10.2. The molecule has 0 bridgehead atoms. The Morgan fingerprint density at radius 2 is 0.647 bits per heavy atom. The van der Waals surface area contributed by atoms with E-state index in [-0.39, 0.29) is 25.7 Å². The second-order valence-electron chi connectivity index (χ2n) is 17.2. The Bertz CT molecular complexity index is 1610. The minimum Gasteiger partial charge on any atom is -0.0776 e. The predicted octanol–water partition coefficient (Wildman–Crippen LogP) is 25.6. The van der Waals surface area contributed by atoms with Crippen molar-refractivity contribution in [3.8, 4) is 0 Å². The summed E-state index contributed by atoms with van der Waals surface area (Å²) in [5, 5.41) is 5.36. The predicted molar refractivity (Wildman–Crippen MR) is 334 cm³/mol. The second kappa shape index (κ2) is 56.2. The summed E-state index contributed by atoms with van der Waals surface area (Å²) in [5.41, 5.74) is 5.58. The summed E-state index contributed by atoms with van der Waals surface area (Å²) < 4.78 is 0. The van der Waals surface area contributed by atoms with Crippen LogP contribution < -0.4 is 0 Å². The average molecular weight is 948 g/mol. The summed E-state index contributed by atoms with van der Waals surface area (Å²) in [4.78, 5) is 0. The molecule has 0 N–H and O–H groups in total. The molecule has 1 fully saturated rings. The molecule has 0 saturated heterocycles. The molecule has 1 aliphatic carbocycles. The van der Waals surface area contributed by atoms with Crippen LogP contribution in [-0.2, 0) is 16.2 Å². The van der Waals surface area contributed by atoms with Crippen molar-refractivity contribution >= 4 is 21.5 Å². The monoisotopic (exact) mass is 947 g/mol. The summed E-state index contributed by atoms with van der Waals surface area (Å²) in [7, 11) is 0. The van der Waals surface area contributed by atoms with Crippen LogP contribution in [0.4, 0.5) is 0 Å². The van der Waals surface area contributed by atoms with Gasteiger partial charge < -0.3 is 0 Å². The lowest BCUT2D eigenvalue weighted by molar-refractivity contribution is 0.141. The highest BCUT2D eigenvalue weighted by atomic mass is 14.3. The van der Waals surface area contributed by atoms with Gasteiger partial charge in [-0.25, -0.2) is 0 Å². The lowest BCUT2D eigenvalue weighted by Gasteiger charge is -2.37. The van der Waals surface area contributed by atoms with Gasteiger partial charge in [0.25, 0.3) is 0 Å². The molecule has 0 atom stereocenters. The topological polar surface area (TPSA) is 0 Å². The van der Waals surface area contributed by atoms with Crippen LogP contribution in [0.2, 0.25) is 0 Å². The van der Waals surface area contributed by atoms with Crippen molar-refractivity contribution in [1.82, 2.24) is 0 Å². The molecule has 0 aromatic heterocycles. The third-order valence-corrected chi connectivity index (χ3v) is 9.18. The average Bonchev–Trinajstić information content (AvgIpc) is 3.34.